The molecule has 0 spiro atoms. The zero-order valence-corrected chi connectivity index (χ0v) is 10.6. The van der Waals surface area contributed by atoms with Gasteiger partial charge in [-0.25, -0.2) is 0 Å². The summed E-state index contributed by atoms with van der Waals surface area (Å²) in [4.78, 5) is 0. The molecule has 0 radical (unpaired) electrons. The van der Waals surface area contributed by atoms with Gasteiger partial charge in [0.1, 0.15) is 0 Å². The fourth-order valence-electron chi connectivity index (χ4n) is 2.47. The molecule has 0 N–H and O–H groups in total. The van der Waals surface area contributed by atoms with E-state index in [1.165, 1.54) is 19.3 Å². The van der Waals surface area contributed by atoms with Gasteiger partial charge in [0.25, 0.3) is 0 Å². The van der Waals surface area contributed by atoms with E-state index < -0.39 is 0 Å². The lowest BCUT2D eigenvalue weighted by molar-refractivity contribution is 0.0452. The molecule has 1 aliphatic rings. The number of alkyl halides is 1. The predicted octanol–water partition coefficient (Wildman–Crippen LogP) is 3.61. The van der Waals surface area contributed by atoms with E-state index in [9.17, 15) is 0 Å². The topological polar surface area (TPSA) is 9.23 Å². The second-order valence-electron chi connectivity index (χ2n) is 4.32. The minimum atomic E-state index is 0.399. The van der Waals surface area contributed by atoms with Crippen LogP contribution in [0.4, 0.5) is 0 Å². The average molecular weight is 249 g/mol. The van der Waals surface area contributed by atoms with Crippen molar-refractivity contribution in [1.82, 2.24) is 0 Å². The number of halogens is 1. The van der Waals surface area contributed by atoms with E-state index in [2.05, 4.69) is 36.7 Å². The zero-order valence-electron chi connectivity index (χ0n) is 8.98. The Labute approximate surface area is 90.4 Å². The molecular formula is C11H21BrO. The van der Waals surface area contributed by atoms with Gasteiger partial charge in [0.2, 0.25) is 0 Å². The average Bonchev–Trinajstić information content (AvgIpc) is 2.48. The molecule has 3 unspecified atom stereocenters. The molecule has 0 amide bonds. The summed E-state index contributed by atoms with van der Waals surface area (Å²) in [5.74, 6) is 0.773. The Kier molecular flexibility index (Phi) is 4.24. The van der Waals surface area contributed by atoms with Gasteiger partial charge < -0.3 is 4.74 Å². The second-order valence-corrected chi connectivity index (χ2v) is 4.88. The molecule has 2 heteroatoms. The molecule has 0 bridgehead atoms. The fraction of sp³-hybridized carbons (Fsp3) is 1.00. The third-order valence-corrected chi connectivity index (χ3v) is 4.74. The number of hydrogen-bond acceptors (Lipinski definition) is 1. The molecule has 0 aromatic rings. The van der Waals surface area contributed by atoms with E-state index in [4.69, 9.17) is 4.74 Å². The van der Waals surface area contributed by atoms with Crippen LogP contribution in [0.5, 0.6) is 0 Å². The zero-order chi connectivity index (χ0) is 9.90. The van der Waals surface area contributed by atoms with Crippen LogP contribution in [0.3, 0.4) is 0 Å². The largest absolute Gasteiger partial charge is 0.378 e. The van der Waals surface area contributed by atoms with Gasteiger partial charge in [0.05, 0.1) is 6.10 Å². The summed E-state index contributed by atoms with van der Waals surface area (Å²) in [6.45, 7) is 7.80. The molecule has 0 aliphatic carbocycles. The molecule has 1 saturated heterocycles. The number of hydrogen-bond donors (Lipinski definition) is 0. The van der Waals surface area contributed by atoms with E-state index in [1.807, 2.05) is 0 Å². The smallest absolute Gasteiger partial charge is 0.0614 e. The van der Waals surface area contributed by atoms with E-state index in [0.29, 0.717) is 11.5 Å². The molecule has 1 aliphatic heterocycles. The maximum Gasteiger partial charge on any atom is 0.0614 e. The summed E-state index contributed by atoms with van der Waals surface area (Å²) in [5, 5.41) is 1.09. The van der Waals surface area contributed by atoms with E-state index in [0.717, 1.165) is 17.9 Å². The third kappa shape index (κ3) is 2.10. The van der Waals surface area contributed by atoms with Gasteiger partial charge in [0, 0.05) is 17.4 Å². The van der Waals surface area contributed by atoms with Crippen molar-refractivity contribution in [2.24, 2.45) is 11.3 Å². The minimum Gasteiger partial charge on any atom is -0.378 e. The molecule has 1 fully saturated rings. The van der Waals surface area contributed by atoms with Gasteiger partial charge in [-0.15, -0.1) is 0 Å². The second kappa shape index (κ2) is 4.79. The molecule has 0 aromatic heterocycles. The summed E-state index contributed by atoms with van der Waals surface area (Å²) in [5.41, 5.74) is 0.399. The summed E-state index contributed by atoms with van der Waals surface area (Å²) < 4.78 is 5.70. The Balaban J connectivity index is 2.67. The Morgan fingerprint density at radius 2 is 2.31 bits per heavy atom. The lowest BCUT2D eigenvalue weighted by Crippen LogP contribution is -2.37. The molecule has 13 heavy (non-hydrogen) atoms. The van der Waals surface area contributed by atoms with Crippen LogP contribution in [-0.4, -0.2) is 18.0 Å². The van der Waals surface area contributed by atoms with Gasteiger partial charge in [-0.3, -0.25) is 0 Å². The van der Waals surface area contributed by atoms with Gasteiger partial charge in [-0.1, -0.05) is 42.6 Å². The van der Waals surface area contributed by atoms with Gasteiger partial charge in [0.15, 0.2) is 0 Å². The van der Waals surface area contributed by atoms with Gasteiger partial charge >= 0.3 is 0 Å². The Morgan fingerprint density at radius 1 is 1.62 bits per heavy atom. The molecule has 0 aromatic carbocycles. The van der Waals surface area contributed by atoms with E-state index in [-0.39, 0.29) is 0 Å². The molecule has 1 nitrogen and oxygen atoms in total. The SMILES string of the molecule is CCCC(C)C1(CBr)CCOC1C. The maximum atomic E-state index is 5.70. The predicted molar refractivity (Wildman–Crippen MR) is 60.3 cm³/mol. The summed E-state index contributed by atoms with van der Waals surface area (Å²) >= 11 is 3.66. The first-order chi connectivity index (χ1) is 6.17. The monoisotopic (exact) mass is 248 g/mol. The molecule has 0 saturated carbocycles. The highest BCUT2D eigenvalue weighted by atomic mass is 79.9. The van der Waals surface area contributed by atoms with Crippen molar-refractivity contribution < 1.29 is 4.74 Å². The highest BCUT2D eigenvalue weighted by Crippen LogP contribution is 2.44. The standard InChI is InChI=1S/C11H21BrO/c1-4-5-9(2)11(8-12)6-7-13-10(11)3/h9-10H,4-8H2,1-3H3. The first-order valence-corrected chi connectivity index (χ1v) is 6.47. The third-order valence-electron chi connectivity index (χ3n) is 3.70. The first-order valence-electron chi connectivity index (χ1n) is 5.35. The van der Waals surface area contributed by atoms with Crippen LogP contribution in [-0.2, 0) is 4.74 Å². The molecule has 3 atom stereocenters. The van der Waals surface area contributed by atoms with Crippen molar-refractivity contribution in [2.45, 2.75) is 46.1 Å². The Bertz CT molecular complexity index is 160. The van der Waals surface area contributed by atoms with Crippen molar-refractivity contribution >= 4 is 15.9 Å². The van der Waals surface area contributed by atoms with Crippen LogP contribution in [0.1, 0.15) is 40.0 Å². The molecular weight excluding hydrogens is 228 g/mol. The normalized spacial score (nSPS) is 36.5. The summed E-state index contributed by atoms with van der Waals surface area (Å²) in [6.07, 6.45) is 4.25. The lowest BCUT2D eigenvalue weighted by atomic mass is 9.71. The van der Waals surface area contributed by atoms with Crippen molar-refractivity contribution in [3.8, 4) is 0 Å². The van der Waals surface area contributed by atoms with Crippen molar-refractivity contribution in [1.29, 1.82) is 0 Å². The van der Waals surface area contributed by atoms with Crippen molar-refractivity contribution in [2.75, 3.05) is 11.9 Å². The molecule has 1 heterocycles. The Hall–Kier alpha value is 0.440. The van der Waals surface area contributed by atoms with Crippen LogP contribution in [0.15, 0.2) is 0 Å². The van der Waals surface area contributed by atoms with Crippen molar-refractivity contribution in [3.05, 3.63) is 0 Å². The maximum absolute atomic E-state index is 5.70. The summed E-state index contributed by atoms with van der Waals surface area (Å²) in [6, 6.07) is 0. The van der Waals surface area contributed by atoms with Crippen molar-refractivity contribution in [3.63, 3.8) is 0 Å². The van der Waals surface area contributed by atoms with E-state index in [1.54, 1.807) is 0 Å². The first kappa shape index (κ1) is 11.5. The minimum absolute atomic E-state index is 0.399. The van der Waals surface area contributed by atoms with Crippen LogP contribution >= 0.6 is 15.9 Å². The van der Waals surface area contributed by atoms with Gasteiger partial charge in [-0.2, -0.15) is 0 Å². The summed E-state index contributed by atoms with van der Waals surface area (Å²) in [7, 11) is 0. The fourth-order valence-corrected chi connectivity index (χ4v) is 3.76. The van der Waals surface area contributed by atoms with Gasteiger partial charge in [-0.05, 0) is 19.3 Å². The number of ether oxygens (including phenoxy) is 1. The molecule has 78 valence electrons. The van der Waals surface area contributed by atoms with Crippen LogP contribution in [0, 0.1) is 11.3 Å². The highest BCUT2D eigenvalue weighted by molar-refractivity contribution is 9.09. The highest BCUT2D eigenvalue weighted by Gasteiger charge is 2.44. The van der Waals surface area contributed by atoms with Crippen LogP contribution < -0.4 is 0 Å². The van der Waals surface area contributed by atoms with Crippen LogP contribution in [0.2, 0.25) is 0 Å². The van der Waals surface area contributed by atoms with E-state index >= 15 is 0 Å². The molecule has 1 rings (SSSR count). The quantitative estimate of drug-likeness (QED) is 0.691. The number of rotatable bonds is 4. The van der Waals surface area contributed by atoms with Crippen LogP contribution in [0.25, 0.3) is 0 Å². The lowest BCUT2D eigenvalue weighted by Gasteiger charge is -2.36. The Morgan fingerprint density at radius 3 is 2.69 bits per heavy atom.